The van der Waals surface area contributed by atoms with Gasteiger partial charge in [0.15, 0.2) is 10.7 Å². The number of hydrogen-bond donors (Lipinski definition) is 3. The molecule has 27 heavy (non-hydrogen) atoms. The van der Waals surface area contributed by atoms with Crippen molar-refractivity contribution < 1.29 is 14.0 Å². The Morgan fingerprint density at radius 2 is 1.89 bits per heavy atom. The maximum Gasteiger partial charge on any atom is 0.302 e. The van der Waals surface area contributed by atoms with Crippen LogP contribution in [0.2, 0.25) is 0 Å². The van der Waals surface area contributed by atoms with Crippen LogP contribution in [-0.2, 0) is 9.59 Å². The summed E-state index contributed by atoms with van der Waals surface area (Å²) in [5.41, 5.74) is 2.56. The highest BCUT2D eigenvalue weighted by Gasteiger charge is 2.09. The average Bonchev–Trinajstić information content (AvgIpc) is 3.01. The molecule has 0 spiro atoms. The van der Waals surface area contributed by atoms with Crippen LogP contribution in [0.25, 0.3) is 17.2 Å². The molecule has 0 bridgehead atoms. The Morgan fingerprint density at radius 1 is 1.11 bits per heavy atom. The van der Waals surface area contributed by atoms with Crippen molar-refractivity contribution in [1.29, 1.82) is 0 Å². The molecule has 1 aromatic heterocycles. The summed E-state index contributed by atoms with van der Waals surface area (Å²) in [4.78, 5) is 27.3. The van der Waals surface area contributed by atoms with Crippen molar-refractivity contribution in [3.05, 3.63) is 60.2 Å². The minimum atomic E-state index is -0.375. The van der Waals surface area contributed by atoms with Gasteiger partial charge in [0.1, 0.15) is 5.52 Å². The molecular weight excluding hydrogens is 364 g/mol. The van der Waals surface area contributed by atoms with E-state index >= 15 is 0 Å². The number of aromatic nitrogens is 1. The van der Waals surface area contributed by atoms with Gasteiger partial charge in [-0.15, -0.1) is 0 Å². The number of carbonyl (C=O) groups excluding carboxylic acids is 2. The number of fused-ring (bicyclic) bond motifs is 1. The quantitative estimate of drug-likeness (QED) is 0.475. The molecule has 0 aliphatic rings. The van der Waals surface area contributed by atoms with E-state index < -0.39 is 0 Å². The molecule has 0 unspecified atom stereocenters. The number of benzene rings is 2. The number of nitrogens with one attached hydrogen (secondary N) is 3. The molecule has 1 heterocycles. The molecule has 0 fully saturated rings. The summed E-state index contributed by atoms with van der Waals surface area (Å²) >= 11 is 5.10. The second kappa shape index (κ2) is 8.24. The second-order valence-corrected chi connectivity index (χ2v) is 5.98. The number of rotatable bonds is 4. The van der Waals surface area contributed by atoms with Gasteiger partial charge in [-0.1, -0.05) is 30.3 Å². The summed E-state index contributed by atoms with van der Waals surface area (Å²) in [6.07, 6.45) is 3.07. The molecule has 8 heteroatoms. The summed E-state index contributed by atoms with van der Waals surface area (Å²) in [5, 5.41) is 7.96. The van der Waals surface area contributed by atoms with Gasteiger partial charge in [0.2, 0.25) is 11.8 Å². The van der Waals surface area contributed by atoms with Crippen molar-refractivity contribution in [2.24, 2.45) is 0 Å². The molecule has 0 radical (unpaired) electrons. The van der Waals surface area contributed by atoms with Crippen molar-refractivity contribution in [3.8, 4) is 0 Å². The third-order valence-corrected chi connectivity index (χ3v) is 3.60. The van der Waals surface area contributed by atoms with E-state index in [4.69, 9.17) is 16.6 Å². The molecule has 2 amide bonds. The van der Waals surface area contributed by atoms with Crippen LogP contribution in [0, 0.1) is 0 Å². The highest BCUT2D eigenvalue weighted by molar-refractivity contribution is 7.80. The van der Waals surface area contributed by atoms with Crippen LogP contribution >= 0.6 is 12.2 Å². The molecule has 0 aliphatic carbocycles. The molecule has 0 saturated heterocycles. The Labute approximate surface area is 160 Å². The van der Waals surface area contributed by atoms with Crippen LogP contribution in [0.5, 0.6) is 0 Å². The molecule has 136 valence electrons. The number of oxazole rings is 1. The first kappa shape index (κ1) is 18.3. The SMILES string of the molecule is CC(=O)Nc1ccc2nc(NC(=S)NC(=O)/C=C/c3ccccc3)oc2c1. The largest absolute Gasteiger partial charge is 0.423 e. The molecule has 3 aromatic rings. The average molecular weight is 380 g/mol. The number of carbonyl (C=O) groups is 2. The Balaban J connectivity index is 1.61. The highest BCUT2D eigenvalue weighted by Crippen LogP contribution is 2.22. The number of anilines is 2. The second-order valence-electron chi connectivity index (χ2n) is 5.57. The van der Waals surface area contributed by atoms with E-state index in [2.05, 4.69) is 20.9 Å². The normalized spacial score (nSPS) is 10.7. The van der Waals surface area contributed by atoms with E-state index in [9.17, 15) is 9.59 Å². The van der Waals surface area contributed by atoms with Gasteiger partial charge < -0.3 is 9.73 Å². The topological polar surface area (TPSA) is 96.3 Å². The molecule has 3 rings (SSSR count). The molecule has 3 N–H and O–H groups in total. The lowest BCUT2D eigenvalue weighted by molar-refractivity contribution is -0.115. The molecule has 0 saturated carbocycles. The Bertz CT molecular complexity index is 1030. The third-order valence-electron chi connectivity index (χ3n) is 3.39. The number of nitrogens with zero attached hydrogens (tertiary/aromatic N) is 1. The molecule has 7 nitrogen and oxygen atoms in total. The van der Waals surface area contributed by atoms with Gasteiger partial charge in [0.05, 0.1) is 0 Å². The molecule has 2 aromatic carbocycles. The van der Waals surface area contributed by atoms with E-state index in [0.717, 1.165) is 5.56 Å². The third kappa shape index (κ3) is 5.23. The molecule has 0 aliphatic heterocycles. The molecule has 0 atom stereocenters. The summed E-state index contributed by atoms with van der Waals surface area (Å²) in [5.74, 6) is -0.555. The van der Waals surface area contributed by atoms with Gasteiger partial charge in [-0.25, -0.2) is 0 Å². The lowest BCUT2D eigenvalue weighted by Gasteiger charge is -2.03. The maximum absolute atomic E-state index is 11.9. The van der Waals surface area contributed by atoms with E-state index in [1.807, 2.05) is 30.3 Å². The van der Waals surface area contributed by atoms with Crippen LogP contribution in [0.3, 0.4) is 0 Å². The standard InChI is InChI=1S/C19H16N4O3S/c1-12(24)20-14-8-9-15-16(11-14)26-18(21-15)23-19(27)22-17(25)10-7-13-5-3-2-4-6-13/h2-11H,1H3,(H,20,24)(H2,21,22,23,25,27)/b10-7+. The zero-order valence-corrected chi connectivity index (χ0v) is 15.2. The van der Waals surface area contributed by atoms with Crippen molar-refractivity contribution in [2.45, 2.75) is 6.92 Å². The van der Waals surface area contributed by atoms with Gasteiger partial charge in [0.25, 0.3) is 0 Å². The van der Waals surface area contributed by atoms with Crippen molar-refractivity contribution >= 4 is 58.0 Å². The van der Waals surface area contributed by atoms with Crippen LogP contribution in [0.4, 0.5) is 11.7 Å². The van der Waals surface area contributed by atoms with Crippen LogP contribution in [0.15, 0.2) is 59.0 Å². The minimum Gasteiger partial charge on any atom is -0.423 e. The maximum atomic E-state index is 11.9. The fourth-order valence-electron chi connectivity index (χ4n) is 2.28. The summed E-state index contributed by atoms with van der Waals surface area (Å²) in [6.45, 7) is 1.42. The fourth-order valence-corrected chi connectivity index (χ4v) is 2.47. The van der Waals surface area contributed by atoms with Crippen molar-refractivity contribution in [1.82, 2.24) is 10.3 Å². The zero-order chi connectivity index (χ0) is 19.2. The number of hydrogen-bond acceptors (Lipinski definition) is 5. The van der Waals surface area contributed by atoms with Crippen LogP contribution < -0.4 is 16.0 Å². The first-order valence-electron chi connectivity index (χ1n) is 8.03. The van der Waals surface area contributed by atoms with E-state index in [-0.39, 0.29) is 22.9 Å². The fraction of sp³-hybridized carbons (Fsp3) is 0.0526. The summed E-state index contributed by atoms with van der Waals surface area (Å²) < 4.78 is 5.54. The lowest BCUT2D eigenvalue weighted by atomic mass is 10.2. The van der Waals surface area contributed by atoms with E-state index in [1.54, 1.807) is 24.3 Å². The predicted molar refractivity (Wildman–Crippen MR) is 108 cm³/mol. The zero-order valence-electron chi connectivity index (χ0n) is 14.4. The number of amides is 2. The van der Waals surface area contributed by atoms with Gasteiger partial charge in [-0.3, -0.25) is 20.2 Å². The van der Waals surface area contributed by atoms with Gasteiger partial charge in [-0.05, 0) is 36.0 Å². The van der Waals surface area contributed by atoms with E-state index in [0.29, 0.717) is 16.8 Å². The smallest absolute Gasteiger partial charge is 0.302 e. The summed E-state index contributed by atoms with van der Waals surface area (Å²) in [6, 6.07) is 14.6. The minimum absolute atomic E-state index is 0.0614. The lowest BCUT2D eigenvalue weighted by Crippen LogP contribution is -2.32. The first-order valence-corrected chi connectivity index (χ1v) is 8.44. The Morgan fingerprint density at radius 3 is 2.63 bits per heavy atom. The monoisotopic (exact) mass is 380 g/mol. The number of thiocarbonyl (C=S) groups is 1. The van der Waals surface area contributed by atoms with E-state index in [1.165, 1.54) is 13.0 Å². The Hall–Kier alpha value is -3.52. The summed E-state index contributed by atoms with van der Waals surface area (Å²) in [7, 11) is 0. The Kier molecular flexibility index (Phi) is 5.58. The van der Waals surface area contributed by atoms with Gasteiger partial charge in [0, 0.05) is 24.8 Å². The highest BCUT2D eigenvalue weighted by atomic mass is 32.1. The van der Waals surface area contributed by atoms with Crippen LogP contribution in [-0.4, -0.2) is 21.9 Å². The predicted octanol–water partition coefficient (Wildman–Crippen LogP) is 3.31. The van der Waals surface area contributed by atoms with Gasteiger partial charge >= 0.3 is 6.01 Å². The molecular formula is C19H16N4O3S. The van der Waals surface area contributed by atoms with Crippen LogP contribution in [0.1, 0.15) is 12.5 Å². The first-order chi connectivity index (χ1) is 13.0. The van der Waals surface area contributed by atoms with Crippen molar-refractivity contribution in [2.75, 3.05) is 10.6 Å². The van der Waals surface area contributed by atoms with Crippen molar-refractivity contribution in [3.63, 3.8) is 0 Å². The van der Waals surface area contributed by atoms with Gasteiger partial charge in [-0.2, -0.15) is 4.98 Å².